The molecule has 0 bridgehead atoms. The van der Waals surface area contributed by atoms with Crippen LogP contribution < -0.4 is 5.32 Å². The van der Waals surface area contributed by atoms with Crippen molar-refractivity contribution in [2.45, 2.75) is 26.8 Å². The van der Waals surface area contributed by atoms with E-state index in [1.54, 1.807) is 5.38 Å². The van der Waals surface area contributed by atoms with Gasteiger partial charge in [0.1, 0.15) is 5.69 Å². The number of rotatable bonds is 5. The van der Waals surface area contributed by atoms with Crippen LogP contribution in [-0.2, 0) is 4.79 Å². The lowest BCUT2D eigenvalue weighted by atomic mass is 10.3. The molecule has 0 aliphatic carbocycles. The largest absolute Gasteiger partial charge is 0.395 e. The van der Waals surface area contributed by atoms with Gasteiger partial charge in [-0.25, -0.2) is 4.98 Å². The summed E-state index contributed by atoms with van der Waals surface area (Å²) in [6.45, 7) is 5.30. The third-order valence-electron chi connectivity index (χ3n) is 2.23. The molecule has 0 aromatic carbocycles. The van der Waals surface area contributed by atoms with Crippen molar-refractivity contribution < 1.29 is 14.7 Å². The molecular formula is C11H17N3O3S. The second-order valence-corrected chi connectivity index (χ2v) is 4.89. The molecule has 0 aliphatic heterocycles. The van der Waals surface area contributed by atoms with Gasteiger partial charge in [0.2, 0.25) is 5.91 Å². The minimum atomic E-state index is -0.244. The lowest BCUT2D eigenvalue weighted by Crippen LogP contribution is -2.39. The second kappa shape index (κ2) is 6.46. The van der Waals surface area contributed by atoms with Crippen LogP contribution in [0.1, 0.15) is 31.3 Å². The fourth-order valence-corrected chi connectivity index (χ4v) is 2.16. The van der Waals surface area contributed by atoms with E-state index >= 15 is 0 Å². The number of hydrogen-bond acceptors (Lipinski definition) is 5. The SMILES string of the molecule is CC(=O)Nc1nc(C(=O)N(CCO)C(C)C)cs1. The summed E-state index contributed by atoms with van der Waals surface area (Å²) >= 11 is 1.20. The minimum Gasteiger partial charge on any atom is -0.395 e. The van der Waals surface area contributed by atoms with E-state index in [0.717, 1.165) is 0 Å². The maximum atomic E-state index is 12.1. The number of nitrogens with one attached hydrogen (secondary N) is 1. The Labute approximate surface area is 110 Å². The van der Waals surface area contributed by atoms with Crippen LogP contribution in [0.4, 0.5) is 5.13 Å². The first-order valence-electron chi connectivity index (χ1n) is 5.60. The number of hydrogen-bond donors (Lipinski definition) is 2. The van der Waals surface area contributed by atoms with Crippen LogP contribution in [0.5, 0.6) is 0 Å². The van der Waals surface area contributed by atoms with Crippen LogP contribution >= 0.6 is 11.3 Å². The van der Waals surface area contributed by atoms with E-state index < -0.39 is 0 Å². The van der Waals surface area contributed by atoms with Gasteiger partial charge in [-0.1, -0.05) is 0 Å². The van der Waals surface area contributed by atoms with Gasteiger partial charge in [-0.2, -0.15) is 0 Å². The molecule has 7 heteroatoms. The molecule has 1 heterocycles. The molecule has 2 N–H and O–H groups in total. The fraction of sp³-hybridized carbons (Fsp3) is 0.545. The fourth-order valence-electron chi connectivity index (χ4n) is 1.43. The van der Waals surface area contributed by atoms with Gasteiger partial charge in [-0.05, 0) is 13.8 Å². The highest BCUT2D eigenvalue weighted by Gasteiger charge is 2.20. The molecule has 1 aromatic heterocycles. The second-order valence-electron chi connectivity index (χ2n) is 4.03. The van der Waals surface area contributed by atoms with Crippen molar-refractivity contribution in [2.75, 3.05) is 18.5 Å². The summed E-state index contributed by atoms with van der Waals surface area (Å²) in [5, 5.41) is 13.5. The van der Waals surface area contributed by atoms with E-state index in [0.29, 0.717) is 5.13 Å². The molecule has 6 nitrogen and oxygen atoms in total. The van der Waals surface area contributed by atoms with E-state index in [9.17, 15) is 9.59 Å². The Morgan fingerprint density at radius 3 is 2.72 bits per heavy atom. The lowest BCUT2D eigenvalue weighted by molar-refractivity contribution is -0.114. The van der Waals surface area contributed by atoms with E-state index in [1.807, 2.05) is 13.8 Å². The molecule has 0 aliphatic rings. The molecular weight excluding hydrogens is 254 g/mol. The third-order valence-corrected chi connectivity index (χ3v) is 2.99. The maximum Gasteiger partial charge on any atom is 0.273 e. The van der Waals surface area contributed by atoms with E-state index in [4.69, 9.17) is 5.11 Å². The van der Waals surface area contributed by atoms with Crippen molar-refractivity contribution in [2.24, 2.45) is 0 Å². The summed E-state index contributed by atoms with van der Waals surface area (Å²) in [5.41, 5.74) is 0.283. The van der Waals surface area contributed by atoms with Crippen LogP contribution in [0.25, 0.3) is 0 Å². The number of carbonyl (C=O) groups excluding carboxylic acids is 2. The summed E-state index contributed by atoms with van der Waals surface area (Å²) in [4.78, 5) is 28.6. The molecule has 0 atom stereocenters. The lowest BCUT2D eigenvalue weighted by Gasteiger charge is -2.24. The van der Waals surface area contributed by atoms with Crippen LogP contribution in [0.3, 0.4) is 0 Å². The Hall–Kier alpha value is -1.47. The van der Waals surface area contributed by atoms with E-state index in [2.05, 4.69) is 10.3 Å². The number of aliphatic hydroxyl groups is 1. The van der Waals surface area contributed by atoms with Crippen LogP contribution in [0.15, 0.2) is 5.38 Å². The smallest absolute Gasteiger partial charge is 0.273 e. The quantitative estimate of drug-likeness (QED) is 0.835. The molecule has 18 heavy (non-hydrogen) atoms. The number of nitrogens with zero attached hydrogens (tertiary/aromatic N) is 2. The Morgan fingerprint density at radius 2 is 2.22 bits per heavy atom. The molecule has 0 radical (unpaired) electrons. The number of aromatic nitrogens is 1. The van der Waals surface area contributed by atoms with Crippen LogP contribution in [0, 0.1) is 0 Å². The van der Waals surface area contributed by atoms with Gasteiger partial charge in [-0.3, -0.25) is 9.59 Å². The van der Waals surface area contributed by atoms with Gasteiger partial charge in [-0.15, -0.1) is 11.3 Å². The summed E-state index contributed by atoms with van der Waals surface area (Å²) in [5.74, 6) is -0.466. The third kappa shape index (κ3) is 3.78. The van der Waals surface area contributed by atoms with Crippen molar-refractivity contribution in [3.8, 4) is 0 Å². The maximum absolute atomic E-state index is 12.1. The highest BCUT2D eigenvalue weighted by molar-refractivity contribution is 7.14. The number of amides is 2. The summed E-state index contributed by atoms with van der Waals surface area (Å²) in [6.07, 6.45) is 0. The number of anilines is 1. The monoisotopic (exact) mass is 271 g/mol. The molecule has 0 saturated heterocycles. The molecule has 1 rings (SSSR count). The van der Waals surface area contributed by atoms with E-state index in [-0.39, 0.29) is 36.7 Å². The van der Waals surface area contributed by atoms with Crippen molar-refractivity contribution in [1.29, 1.82) is 0 Å². The Morgan fingerprint density at radius 1 is 1.56 bits per heavy atom. The average molecular weight is 271 g/mol. The average Bonchev–Trinajstić information content (AvgIpc) is 2.72. The van der Waals surface area contributed by atoms with Gasteiger partial charge in [0, 0.05) is 24.9 Å². The number of thiazole rings is 1. The van der Waals surface area contributed by atoms with Gasteiger partial charge in [0.15, 0.2) is 5.13 Å². The molecule has 0 unspecified atom stereocenters. The molecule has 100 valence electrons. The van der Waals surface area contributed by atoms with Gasteiger partial charge < -0.3 is 15.3 Å². The van der Waals surface area contributed by atoms with Crippen molar-refractivity contribution in [3.63, 3.8) is 0 Å². The first-order valence-corrected chi connectivity index (χ1v) is 6.48. The van der Waals surface area contributed by atoms with Crippen molar-refractivity contribution >= 4 is 28.3 Å². The van der Waals surface area contributed by atoms with Gasteiger partial charge in [0.25, 0.3) is 5.91 Å². The molecule has 2 amide bonds. The van der Waals surface area contributed by atoms with Gasteiger partial charge >= 0.3 is 0 Å². The zero-order valence-electron chi connectivity index (χ0n) is 10.6. The van der Waals surface area contributed by atoms with Crippen LogP contribution in [-0.4, -0.2) is 46.0 Å². The molecule has 0 saturated carbocycles. The molecule has 0 fully saturated rings. The summed E-state index contributed by atoms with van der Waals surface area (Å²) < 4.78 is 0. The van der Waals surface area contributed by atoms with Crippen LogP contribution in [0.2, 0.25) is 0 Å². The Balaban J connectivity index is 2.81. The normalized spacial score (nSPS) is 10.5. The minimum absolute atomic E-state index is 0.0180. The highest BCUT2D eigenvalue weighted by Crippen LogP contribution is 2.17. The standard InChI is InChI=1S/C11H17N3O3S/c1-7(2)14(4-5-15)10(17)9-6-18-11(13-9)12-8(3)16/h6-7,15H,4-5H2,1-3H3,(H,12,13,16). The van der Waals surface area contributed by atoms with Crippen molar-refractivity contribution in [3.05, 3.63) is 11.1 Å². The zero-order chi connectivity index (χ0) is 13.7. The topological polar surface area (TPSA) is 82.5 Å². The van der Waals surface area contributed by atoms with Gasteiger partial charge in [0.05, 0.1) is 6.61 Å². The Bertz CT molecular complexity index is 431. The number of carbonyl (C=O) groups is 2. The predicted octanol–water partition coefficient (Wildman–Crippen LogP) is 0.944. The molecule has 1 aromatic rings. The van der Waals surface area contributed by atoms with Crippen molar-refractivity contribution in [1.82, 2.24) is 9.88 Å². The highest BCUT2D eigenvalue weighted by atomic mass is 32.1. The number of aliphatic hydroxyl groups excluding tert-OH is 1. The summed E-state index contributed by atoms with van der Waals surface area (Å²) in [7, 11) is 0. The Kier molecular flexibility index (Phi) is 5.24. The summed E-state index contributed by atoms with van der Waals surface area (Å²) in [6, 6.07) is -0.0180. The first kappa shape index (κ1) is 14.6. The predicted molar refractivity (Wildman–Crippen MR) is 69.7 cm³/mol. The molecule has 0 spiro atoms. The first-order chi connectivity index (χ1) is 8.45. The van der Waals surface area contributed by atoms with E-state index in [1.165, 1.54) is 23.2 Å². The zero-order valence-corrected chi connectivity index (χ0v) is 11.5.